The molecule has 0 aromatic rings. The molecule has 0 saturated carbocycles. The van der Waals surface area contributed by atoms with Crippen LogP contribution in [0.2, 0.25) is 0 Å². The summed E-state index contributed by atoms with van der Waals surface area (Å²) >= 11 is 0. The Balaban J connectivity index is 1.66. The summed E-state index contributed by atoms with van der Waals surface area (Å²) in [6.07, 6.45) is 9.27. The van der Waals surface area contributed by atoms with Gasteiger partial charge in [0.2, 0.25) is 0 Å². The predicted molar refractivity (Wildman–Crippen MR) is 150 cm³/mol. The van der Waals surface area contributed by atoms with E-state index in [2.05, 4.69) is 62.3 Å². The van der Waals surface area contributed by atoms with Crippen LogP contribution < -0.4 is 0 Å². The maximum absolute atomic E-state index is 6.51. The first-order valence-electron chi connectivity index (χ1n) is 15.0. The van der Waals surface area contributed by atoms with Crippen molar-refractivity contribution in [2.24, 2.45) is 11.8 Å². The first kappa shape index (κ1) is 33.0. The van der Waals surface area contributed by atoms with E-state index in [0.29, 0.717) is 24.0 Å². The van der Waals surface area contributed by atoms with Crippen LogP contribution in [0.25, 0.3) is 0 Å². The summed E-state index contributed by atoms with van der Waals surface area (Å²) in [6, 6.07) is 0. The fraction of sp³-hybridized carbons (Fsp3) is 1.00. The van der Waals surface area contributed by atoms with Gasteiger partial charge in [0.25, 0.3) is 0 Å². The molecule has 2 aliphatic rings. The molecule has 2 aliphatic heterocycles. The molecule has 0 spiro atoms. The Morgan fingerprint density at radius 1 is 0.676 bits per heavy atom. The van der Waals surface area contributed by atoms with E-state index in [-0.39, 0.29) is 22.9 Å². The molecule has 0 N–H and O–H groups in total. The number of rotatable bonds is 23. The fourth-order valence-corrected chi connectivity index (χ4v) is 4.98. The first-order chi connectivity index (χ1) is 17.3. The number of hydrogen-bond donors (Lipinski definition) is 0. The largest absolute Gasteiger partial charge is 0.378 e. The van der Waals surface area contributed by atoms with Crippen molar-refractivity contribution < 1.29 is 28.4 Å². The molecule has 6 nitrogen and oxygen atoms in total. The van der Waals surface area contributed by atoms with Crippen LogP contribution in [-0.4, -0.2) is 74.8 Å². The van der Waals surface area contributed by atoms with Crippen LogP contribution in [0.15, 0.2) is 0 Å². The molecule has 37 heavy (non-hydrogen) atoms. The van der Waals surface area contributed by atoms with Gasteiger partial charge < -0.3 is 28.4 Å². The zero-order valence-corrected chi connectivity index (χ0v) is 25.7. The lowest BCUT2D eigenvalue weighted by Crippen LogP contribution is -2.38. The van der Waals surface area contributed by atoms with Crippen molar-refractivity contribution in [3.63, 3.8) is 0 Å². The second-order valence-electron chi connectivity index (χ2n) is 13.6. The lowest BCUT2D eigenvalue weighted by molar-refractivity contribution is -0.0908. The molecule has 0 bridgehead atoms. The smallest absolute Gasteiger partial charge is 0.0831 e. The van der Waals surface area contributed by atoms with E-state index >= 15 is 0 Å². The summed E-state index contributed by atoms with van der Waals surface area (Å²) < 4.78 is 35.5. The minimum atomic E-state index is -0.183. The van der Waals surface area contributed by atoms with Gasteiger partial charge in [-0.25, -0.2) is 0 Å². The second kappa shape index (κ2) is 15.5. The van der Waals surface area contributed by atoms with Crippen molar-refractivity contribution in [2.75, 3.05) is 39.6 Å². The lowest BCUT2D eigenvalue weighted by atomic mass is 9.80. The van der Waals surface area contributed by atoms with Gasteiger partial charge in [-0.05, 0) is 112 Å². The Morgan fingerprint density at radius 3 is 1.62 bits per heavy atom. The topological polar surface area (TPSA) is 62.0 Å². The lowest BCUT2D eigenvalue weighted by Gasteiger charge is -2.37. The molecule has 4 atom stereocenters. The van der Waals surface area contributed by atoms with Gasteiger partial charge in [-0.2, -0.15) is 0 Å². The molecular weight excluding hydrogens is 468 g/mol. The normalized spacial score (nSPS) is 21.9. The summed E-state index contributed by atoms with van der Waals surface area (Å²) in [4.78, 5) is 0. The quantitative estimate of drug-likeness (QED) is 0.105. The first-order valence-corrected chi connectivity index (χ1v) is 15.0. The van der Waals surface area contributed by atoms with E-state index in [9.17, 15) is 0 Å². The van der Waals surface area contributed by atoms with Crippen molar-refractivity contribution >= 4 is 0 Å². The van der Waals surface area contributed by atoms with Crippen LogP contribution in [0.3, 0.4) is 0 Å². The van der Waals surface area contributed by atoms with E-state index in [1.807, 2.05) is 0 Å². The molecule has 2 saturated heterocycles. The zero-order valence-electron chi connectivity index (χ0n) is 25.7. The van der Waals surface area contributed by atoms with Gasteiger partial charge in [0.1, 0.15) is 0 Å². The van der Waals surface area contributed by atoms with Gasteiger partial charge in [0, 0.05) is 26.4 Å². The number of epoxide rings is 2. The molecule has 2 rings (SSSR count). The average Bonchev–Trinajstić information content (AvgIpc) is 3.70. The molecule has 0 aromatic carbocycles. The molecule has 6 heteroatoms. The van der Waals surface area contributed by atoms with Crippen LogP contribution in [0, 0.1) is 11.8 Å². The second-order valence-corrected chi connectivity index (χ2v) is 13.6. The Morgan fingerprint density at radius 2 is 1.16 bits per heavy atom. The van der Waals surface area contributed by atoms with Gasteiger partial charge >= 0.3 is 0 Å². The molecular formula is C31H60O6. The van der Waals surface area contributed by atoms with Gasteiger partial charge in [0.05, 0.1) is 48.3 Å². The van der Waals surface area contributed by atoms with Crippen LogP contribution >= 0.6 is 0 Å². The highest BCUT2D eigenvalue weighted by Gasteiger charge is 2.33. The van der Waals surface area contributed by atoms with Gasteiger partial charge in [-0.15, -0.1) is 0 Å². The number of ether oxygens (including phenoxy) is 6. The third-order valence-corrected chi connectivity index (χ3v) is 7.75. The van der Waals surface area contributed by atoms with Gasteiger partial charge in [0.15, 0.2) is 0 Å². The van der Waals surface area contributed by atoms with Crippen LogP contribution in [0.5, 0.6) is 0 Å². The molecule has 0 aliphatic carbocycles. The molecule has 0 radical (unpaired) electrons. The fourth-order valence-electron chi connectivity index (χ4n) is 4.98. The van der Waals surface area contributed by atoms with Crippen molar-refractivity contribution in [3.05, 3.63) is 0 Å². The highest BCUT2D eigenvalue weighted by molar-refractivity contribution is 4.83. The third-order valence-electron chi connectivity index (χ3n) is 7.75. The zero-order chi connectivity index (χ0) is 27.5. The standard InChI is InChI=1S/C31H60O6/c1-24(2)20-26(21-25(3)32-16-10-14-29(4,5)35-18-12-27-22-33-27)31(8,9)37-17-11-15-30(6,7)36-19-13-28-23-34-28/h24-28H,10-23H2,1-9H3. The van der Waals surface area contributed by atoms with E-state index in [4.69, 9.17) is 28.4 Å². The Labute approximate surface area is 228 Å². The molecule has 220 valence electrons. The molecule has 4 unspecified atom stereocenters. The summed E-state index contributed by atoms with van der Waals surface area (Å²) in [6.45, 7) is 25.0. The summed E-state index contributed by atoms with van der Waals surface area (Å²) in [5, 5.41) is 0. The summed E-state index contributed by atoms with van der Waals surface area (Å²) in [7, 11) is 0. The highest BCUT2D eigenvalue weighted by atomic mass is 16.6. The maximum Gasteiger partial charge on any atom is 0.0831 e. The average molecular weight is 529 g/mol. The molecule has 0 amide bonds. The summed E-state index contributed by atoms with van der Waals surface area (Å²) in [5.74, 6) is 1.08. The minimum absolute atomic E-state index is 0.108. The van der Waals surface area contributed by atoms with Gasteiger partial charge in [-0.1, -0.05) is 13.8 Å². The molecule has 0 aromatic heterocycles. The maximum atomic E-state index is 6.51. The van der Waals surface area contributed by atoms with E-state index in [0.717, 1.165) is 91.0 Å². The van der Waals surface area contributed by atoms with Crippen molar-refractivity contribution in [1.82, 2.24) is 0 Å². The van der Waals surface area contributed by atoms with E-state index in [1.54, 1.807) is 0 Å². The van der Waals surface area contributed by atoms with Crippen molar-refractivity contribution in [2.45, 2.75) is 149 Å². The van der Waals surface area contributed by atoms with Crippen LogP contribution in [-0.2, 0) is 28.4 Å². The predicted octanol–water partition coefficient (Wildman–Crippen LogP) is 6.97. The molecule has 2 fully saturated rings. The Hall–Kier alpha value is -0.240. The Bertz CT molecular complexity index is 609. The van der Waals surface area contributed by atoms with Crippen molar-refractivity contribution in [3.8, 4) is 0 Å². The molecule has 2 heterocycles. The van der Waals surface area contributed by atoms with Crippen LogP contribution in [0.1, 0.15) is 114 Å². The van der Waals surface area contributed by atoms with E-state index < -0.39 is 0 Å². The van der Waals surface area contributed by atoms with Crippen molar-refractivity contribution in [1.29, 1.82) is 0 Å². The highest BCUT2D eigenvalue weighted by Crippen LogP contribution is 2.33. The minimum Gasteiger partial charge on any atom is -0.378 e. The van der Waals surface area contributed by atoms with Crippen LogP contribution in [0.4, 0.5) is 0 Å². The number of hydrogen-bond acceptors (Lipinski definition) is 6. The SMILES string of the molecule is CC(C)CC(CC(C)OCCCC(C)(C)OCCC1CO1)C(C)(C)OCCCC(C)(C)OCCC1CO1. The Kier molecular flexibility index (Phi) is 13.8. The third kappa shape index (κ3) is 15.8. The van der Waals surface area contributed by atoms with E-state index in [1.165, 1.54) is 0 Å². The monoisotopic (exact) mass is 528 g/mol. The summed E-state index contributed by atoms with van der Waals surface area (Å²) in [5.41, 5.74) is -0.409. The van der Waals surface area contributed by atoms with Gasteiger partial charge in [-0.3, -0.25) is 0 Å².